The fraction of sp³-hybridized carbons (Fsp3) is 0.667. The molecule has 1 nitrogen and oxygen atoms in total. The van der Waals surface area contributed by atoms with Gasteiger partial charge in [-0.05, 0) is 26.2 Å². The van der Waals surface area contributed by atoms with E-state index in [1.165, 1.54) is 15.6 Å². The average molecular weight is 248 g/mol. The lowest BCUT2D eigenvalue weighted by molar-refractivity contribution is 0.650. The smallest absolute Gasteiger partial charge is 0.0900 e. The Morgan fingerprint density at radius 1 is 1.50 bits per heavy atom. The second-order valence-corrected chi connectivity index (χ2v) is 5.25. The molecule has 0 aliphatic carbocycles. The van der Waals surface area contributed by atoms with Crippen LogP contribution >= 0.6 is 27.3 Å². The molecule has 1 rings (SSSR count). The normalized spacial score (nSPS) is 13.3. The van der Waals surface area contributed by atoms with Crippen LogP contribution in [0.15, 0.2) is 0 Å². The Kier molecular flexibility index (Phi) is 3.72. The average Bonchev–Trinajstić information content (AvgIpc) is 2.30. The maximum Gasteiger partial charge on any atom is 0.0900 e. The number of nitrogens with zero attached hydrogens (tertiary/aromatic N) is 1. The summed E-state index contributed by atoms with van der Waals surface area (Å²) < 4.78 is 0. The van der Waals surface area contributed by atoms with Gasteiger partial charge in [0.2, 0.25) is 0 Å². The summed E-state index contributed by atoms with van der Waals surface area (Å²) in [4.78, 5) is 5.87. The molecule has 1 heterocycles. The molecule has 68 valence electrons. The van der Waals surface area contributed by atoms with Crippen molar-refractivity contribution in [1.82, 2.24) is 4.98 Å². The monoisotopic (exact) mass is 247 g/mol. The van der Waals surface area contributed by atoms with Crippen molar-refractivity contribution in [3.8, 4) is 0 Å². The summed E-state index contributed by atoms with van der Waals surface area (Å²) >= 11 is 5.27. The van der Waals surface area contributed by atoms with Crippen LogP contribution in [0.3, 0.4) is 0 Å². The molecule has 1 aromatic rings. The number of aromatic nitrogens is 1. The summed E-state index contributed by atoms with van der Waals surface area (Å²) in [5.41, 5.74) is 1.28. The number of rotatable bonds is 3. The summed E-state index contributed by atoms with van der Waals surface area (Å²) in [7, 11) is 0. The molecule has 0 saturated heterocycles. The molecule has 0 saturated carbocycles. The summed E-state index contributed by atoms with van der Waals surface area (Å²) in [5.74, 6) is 0.685. The van der Waals surface area contributed by atoms with Crippen molar-refractivity contribution in [3.63, 3.8) is 0 Å². The van der Waals surface area contributed by atoms with Gasteiger partial charge < -0.3 is 0 Å². The molecule has 0 fully saturated rings. The molecule has 1 atom stereocenters. The minimum atomic E-state index is 0.685. The first-order valence-corrected chi connectivity index (χ1v) is 6.06. The van der Waals surface area contributed by atoms with Crippen LogP contribution in [-0.2, 0) is 6.42 Å². The van der Waals surface area contributed by atoms with Crippen molar-refractivity contribution in [2.24, 2.45) is 5.92 Å². The van der Waals surface area contributed by atoms with Crippen molar-refractivity contribution >= 4 is 27.3 Å². The molecular weight excluding hydrogens is 234 g/mol. The lowest BCUT2D eigenvalue weighted by Crippen LogP contribution is -2.02. The van der Waals surface area contributed by atoms with E-state index in [0.29, 0.717) is 5.92 Å². The van der Waals surface area contributed by atoms with Crippen LogP contribution in [-0.4, -0.2) is 10.3 Å². The van der Waals surface area contributed by atoms with Crippen LogP contribution in [0.2, 0.25) is 0 Å². The van der Waals surface area contributed by atoms with Crippen LogP contribution in [0, 0.1) is 19.8 Å². The minimum Gasteiger partial charge on any atom is -0.246 e. The van der Waals surface area contributed by atoms with Crippen molar-refractivity contribution in [3.05, 3.63) is 15.6 Å². The molecule has 0 aliphatic heterocycles. The van der Waals surface area contributed by atoms with Crippen molar-refractivity contribution in [1.29, 1.82) is 0 Å². The van der Waals surface area contributed by atoms with E-state index in [-0.39, 0.29) is 0 Å². The highest BCUT2D eigenvalue weighted by atomic mass is 79.9. The molecule has 1 aromatic heterocycles. The predicted molar refractivity (Wildman–Crippen MR) is 58.3 cm³/mol. The van der Waals surface area contributed by atoms with Gasteiger partial charge in [-0.15, -0.1) is 11.3 Å². The van der Waals surface area contributed by atoms with Crippen molar-refractivity contribution in [2.75, 3.05) is 5.33 Å². The summed E-state index contributed by atoms with van der Waals surface area (Å²) in [6, 6.07) is 0. The quantitative estimate of drug-likeness (QED) is 0.747. The lowest BCUT2D eigenvalue weighted by atomic mass is 10.1. The highest BCUT2D eigenvalue weighted by Gasteiger charge is 2.08. The first-order valence-electron chi connectivity index (χ1n) is 4.12. The highest BCUT2D eigenvalue weighted by Crippen LogP contribution is 2.19. The Hall–Kier alpha value is 0.110. The SMILES string of the molecule is Cc1nc(CC(C)CBr)c(C)s1. The third-order valence-corrected chi connectivity index (χ3v) is 3.84. The predicted octanol–water partition coefficient (Wildman–Crippen LogP) is 3.33. The maximum absolute atomic E-state index is 4.50. The van der Waals surface area contributed by atoms with Gasteiger partial charge in [0.15, 0.2) is 0 Å². The fourth-order valence-electron chi connectivity index (χ4n) is 1.15. The van der Waals surface area contributed by atoms with Gasteiger partial charge in [0, 0.05) is 10.2 Å². The molecule has 1 unspecified atom stereocenters. The topological polar surface area (TPSA) is 12.9 Å². The minimum absolute atomic E-state index is 0.685. The zero-order chi connectivity index (χ0) is 9.14. The van der Waals surface area contributed by atoms with Crippen molar-refractivity contribution < 1.29 is 0 Å². The van der Waals surface area contributed by atoms with E-state index in [4.69, 9.17) is 0 Å². The van der Waals surface area contributed by atoms with E-state index >= 15 is 0 Å². The van der Waals surface area contributed by atoms with Crippen LogP contribution in [0.4, 0.5) is 0 Å². The number of halogens is 1. The van der Waals surface area contributed by atoms with Crippen molar-refractivity contribution in [2.45, 2.75) is 27.2 Å². The Labute approximate surface area is 86.3 Å². The molecular formula is C9H14BrNS. The zero-order valence-electron chi connectivity index (χ0n) is 7.72. The molecule has 0 radical (unpaired) electrons. The summed E-state index contributed by atoms with van der Waals surface area (Å²) in [6.45, 7) is 6.46. The fourth-order valence-corrected chi connectivity index (χ4v) is 2.22. The second kappa shape index (κ2) is 4.38. The van der Waals surface area contributed by atoms with Crippen LogP contribution < -0.4 is 0 Å². The Morgan fingerprint density at radius 3 is 2.58 bits per heavy atom. The zero-order valence-corrected chi connectivity index (χ0v) is 10.1. The first kappa shape index (κ1) is 10.2. The van der Waals surface area contributed by atoms with E-state index < -0.39 is 0 Å². The van der Waals surface area contributed by atoms with E-state index in [2.05, 4.69) is 41.7 Å². The van der Waals surface area contributed by atoms with Gasteiger partial charge in [-0.25, -0.2) is 4.98 Å². The molecule has 0 N–H and O–H groups in total. The first-order chi connectivity index (χ1) is 5.63. The third-order valence-electron chi connectivity index (χ3n) is 1.80. The maximum atomic E-state index is 4.50. The number of thiazole rings is 1. The number of alkyl halides is 1. The molecule has 0 aliphatic rings. The van der Waals surface area contributed by atoms with Crippen LogP contribution in [0.25, 0.3) is 0 Å². The van der Waals surface area contributed by atoms with Crippen LogP contribution in [0.1, 0.15) is 22.5 Å². The molecule has 3 heteroatoms. The van der Waals surface area contributed by atoms with E-state index in [1.54, 1.807) is 11.3 Å². The molecule has 0 spiro atoms. The Balaban J connectivity index is 2.68. The molecule has 0 aromatic carbocycles. The number of hydrogen-bond donors (Lipinski definition) is 0. The van der Waals surface area contributed by atoms with Gasteiger partial charge in [0.25, 0.3) is 0 Å². The van der Waals surface area contributed by atoms with E-state index in [1.807, 2.05) is 0 Å². The highest BCUT2D eigenvalue weighted by molar-refractivity contribution is 9.09. The second-order valence-electron chi connectivity index (χ2n) is 3.20. The number of hydrogen-bond acceptors (Lipinski definition) is 2. The van der Waals surface area contributed by atoms with E-state index in [9.17, 15) is 0 Å². The van der Waals surface area contributed by atoms with Gasteiger partial charge in [0.05, 0.1) is 10.7 Å². The van der Waals surface area contributed by atoms with Gasteiger partial charge in [-0.2, -0.15) is 0 Å². The summed E-state index contributed by atoms with van der Waals surface area (Å²) in [5, 5.41) is 2.24. The third kappa shape index (κ3) is 2.56. The van der Waals surface area contributed by atoms with Gasteiger partial charge in [0.1, 0.15) is 0 Å². The lowest BCUT2D eigenvalue weighted by Gasteiger charge is -2.04. The Morgan fingerprint density at radius 2 is 2.17 bits per heavy atom. The van der Waals surface area contributed by atoms with Gasteiger partial charge in [-0.1, -0.05) is 22.9 Å². The van der Waals surface area contributed by atoms with Crippen LogP contribution in [0.5, 0.6) is 0 Å². The largest absolute Gasteiger partial charge is 0.246 e. The molecule has 12 heavy (non-hydrogen) atoms. The standard InChI is InChI=1S/C9H14BrNS/c1-6(5-10)4-9-7(2)12-8(3)11-9/h6H,4-5H2,1-3H3. The Bertz CT molecular complexity index is 257. The number of aryl methyl sites for hydroxylation is 2. The molecule has 0 bridgehead atoms. The van der Waals surface area contributed by atoms with Gasteiger partial charge in [-0.3, -0.25) is 0 Å². The molecule has 0 amide bonds. The van der Waals surface area contributed by atoms with Gasteiger partial charge >= 0.3 is 0 Å². The van der Waals surface area contributed by atoms with E-state index in [0.717, 1.165) is 11.8 Å². The summed E-state index contributed by atoms with van der Waals surface area (Å²) in [6.07, 6.45) is 1.10.